The number of nitrogens with one attached hydrogen (secondary N) is 1. The average molecular weight is 299 g/mol. The lowest BCUT2D eigenvalue weighted by atomic mass is 9.87. The Bertz CT molecular complexity index is 715. The van der Waals surface area contributed by atoms with Crippen molar-refractivity contribution in [1.29, 1.82) is 0 Å². The topological polar surface area (TPSA) is 55.6 Å². The maximum atomic E-state index is 4.31. The van der Waals surface area contributed by atoms with E-state index < -0.39 is 0 Å². The van der Waals surface area contributed by atoms with Gasteiger partial charge in [0.25, 0.3) is 0 Å². The molecule has 0 aliphatic carbocycles. The Morgan fingerprint density at radius 1 is 1.33 bits per heavy atom. The van der Waals surface area contributed by atoms with Crippen LogP contribution in [0, 0.1) is 5.92 Å². The van der Waals surface area contributed by atoms with Gasteiger partial charge in [-0.3, -0.25) is 0 Å². The van der Waals surface area contributed by atoms with E-state index in [4.69, 9.17) is 0 Å². The molecule has 2 atom stereocenters. The molecule has 4 rings (SSSR count). The fourth-order valence-corrected chi connectivity index (χ4v) is 3.98. The molecule has 0 amide bonds. The van der Waals surface area contributed by atoms with E-state index in [1.54, 1.807) is 16.1 Å². The highest BCUT2D eigenvalue weighted by Gasteiger charge is 2.28. The Balaban J connectivity index is 1.77. The van der Waals surface area contributed by atoms with Crippen LogP contribution in [0.5, 0.6) is 0 Å². The summed E-state index contributed by atoms with van der Waals surface area (Å²) < 4.78 is 1.32. The molecule has 1 aliphatic heterocycles. The number of nitrogens with zero attached hydrogens (tertiary/aromatic N) is 4. The quantitative estimate of drug-likeness (QED) is 0.807. The molecular formula is C15H17N5S. The number of rotatable bonds is 3. The molecule has 6 heteroatoms. The van der Waals surface area contributed by atoms with Crippen LogP contribution in [0.2, 0.25) is 0 Å². The predicted molar refractivity (Wildman–Crippen MR) is 83.4 cm³/mol. The minimum absolute atomic E-state index is 0.157. The summed E-state index contributed by atoms with van der Waals surface area (Å²) in [6, 6.07) is 9.02. The lowest BCUT2D eigenvalue weighted by Gasteiger charge is -2.30. The first-order valence-electron chi connectivity index (χ1n) is 7.32. The number of benzene rings is 1. The first-order valence-corrected chi connectivity index (χ1v) is 8.20. The zero-order chi connectivity index (χ0) is 14.1. The number of hydrogen-bond acceptors (Lipinski definition) is 5. The fraction of sp³-hybridized carbons (Fsp3) is 0.400. The number of tetrazole rings is 1. The van der Waals surface area contributed by atoms with Crippen LogP contribution in [-0.2, 0) is 0 Å². The van der Waals surface area contributed by atoms with Gasteiger partial charge in [-0.1, -0.05) is 6.07 Å². The zero-order valence-electron chi connectivity index (χ0n) is 11.6. The largest absolute Gasteiger partial charge is 0.316 e. The molecule has 108 valence electrons. The Labute approximate surface area is 127 Å². The van der Waals surface area contributed by atoms with Gasteiger partial charge < -0.3 is 5.32 Å². The second-order valence-electron chi connectivity index (χ2n) is 5.53. The van der Waals surface area contributed by atoms with Gasteiger partial charge in [0.2, 0.25) is 0 Å². The molecule has 1 aliphatic rings. The van der Waals surface area contributed by atoms with Crippen LogP contribution in [0.1, 0.15) is 24.4 Å². The lowest BCUT2D eigenvalue weighted by molar-refractivity contribution is 0.261. The summed E-state index contributed by atoms with van der Waals surface area (Å²) in [5.74, 6) is 0.504. The number of piperidine rings is 1. The van der Waals surface area contributed by atoms with Crippen LogP contribution in [-0.4, -0.2) is 33.3 Å². The molecule has 0 spiro atoms. The fourth-order valence-electron chi connectivity index (χ4n) is 3.21. The van der Waals surface area contributed by atoms with Crippen molar-refractivity contribution in [2.45, 2.75) is 18.9 Å². The molecule has 1 saturated heterocycles. The van der Waals surface area contributed by atoms with E-state index in [0.717, 1.165) is 13.1 Å². The van der Waals surface area contributed by atoms with E-state index in [9.17, 15) is 0 Å². The van der Waals surface area contributed by atoms with Crippen LogP contribution < -0.4 is 5.32 Å². The van der Waals surface area contributed by atoms with Gasteiger partial charge in [0.1, 0.15) is 6.04 Å². The van der Waals surface area contributed by atoms with Crippen molar-refractivity contribution in [3.63, 3.8) is 0 Å². The molecule has 5 nitrogen and oxygen atoms in total. The number of aromatic nitrogens is 4. The van der Waals surface area contributed by atoms with Crippen molar-refractivity contribution >= 4 is 21.4 Å². The van der Waals surface area contributed by atoms with Crippen LogP contribution >= 0.6 is 11.3 Å². The maximum Gasteiger partial charge on any atom is 0.162 e. The summed E-state index contributed by atoms with van der Waals surface area (Å²) in [4.78, 5) is 1.77. The van der Waals surface area contributed by atoms with Crippen LogP contribution in [0.4, 0.5) is 0 Å². The molecule has 3 aromatic rings. The standard InChI is InChI=1S/C15H17N5S/c1-2-13(9-16-6-1)15(20-18-10-17-19-20)12-3-4-14-11(8-12)5-7-21-14/h3-5,7-8,10,13,15-16H,1-2,6,9H2/t13?,15-/m1/s1. The number of fused-ring (bicyclic) bond motifs is 1. The molecule has 3 heterocycles. The molecule has 21 heavy (non-hydrogen) atoms. The molecule has 1 aromatic carbocycles. The van der Waals surface area contributed by atoms with Crippen LogP contribution in [0.15, 0.2) is 36.0 Å². The summed E-state index contributed by atoms with van der Waals surface area (Å²) >= 11 is 1.78. The van der Waals surface area contributed by atoms with E-state index in [1.807, 2.05) is 0 Å². The van der Waals surface area contributed by atoms with Crippen molar-refractivity contribution in [2.24, 2.45) is 5.92 Å². The molecule has 0 radical (unpaired) electrons. The van der Waals surface area contributed by atoms with Crippen LogP contribution in [0.3, 0.4) is 0 Å². The Hall–Kier alpha value is -1.79. The molecule has 0 bridgehead atoms. The van der Waals surface area contributed by atoms with E-state index in [1.165, 1.54) is 34.8 Å². The Kier molecular flexibility index (Phi) is 3.40. The minimum Gasteiger partial charge on any atom is -0.316 e. The molecular weight excluding hydrogens is 282 g/mol. The predicted octanol–water partition coefficient (Wildman–Crippen LogP) is 2.48. The molecule has 2 aromatic heterocycles. The van der Waals surface area contributed by atoms with E-state index in [2.05, 4.69) is 50.4 Å². The van der Waals surface area contributed by atoms with Crippen LogP contribution in [0.25, 0.3) is 10.1 Å². The van der Waals surface area contributed by atoms with Gasteiger partial charge in [0.05, 0.1) is 0 Å². The molecule has 0 saturated carbocycles. The molecule has 1 N–H and O–H groups in total. The third-order valence-corrected chi connectivity index (χ3v) is 5.11. The monoisotopic (exact) mass is 299 g/mol. The van der Waals surface area contributed by atoms with Gasteiger partial charge in [-0.2, -0.15) is 4.80 Å². The highest BCUT2D eigenvalue weighted by molar-refractivity contribution is 7.17. The first kappa shape index (κ1) is 12.9. The van der Waals surface area contributed by atoms with E-state index in [-0.39, 0.29) is 6.04 Å². The average Bonchev–Trinajstić information content (AvgIpc) is 3.19. The number of hydrogen-bond donors (Lipinski definition) is 1. The summed E-state index contributed by atoms with van der Waals surface area (Å²) in [5.41, 5.74) is 1.27. The number of thiophene rings is 1. The van der Waals surface area contributed by atoms with Gasteiger partial charge >= 0.3 is 0 Å². The molecule has 1 fully saturated rings. The van der Waals surface area contributed by atoms with Crippen molar-refractivity contribution in [3.8, 4) is 0 Å². The maximum absolute atomic E-state index is 4.31. The van der Waals surface area contributed by atoms with E-state index >= 15 is 0 Å². The smallest absolute Gasteiger partial charge is 0.162 e. The summed E-state index contributed by atoms with van der Waals surface area (Å²) in [6.45, 7) is 2.12. The highest BCUT2D eigenvalue weighted by atomic mass is 32.1. The lowest BCUT2D eigenvalue weighted by Crippen LogP contribution is -2.36. The molecule has 1 unspecified atom stereocenters. The Morgan fingerprint density at radius 2 is 2.33 bits per heavy atom. The van der Waals surface area contributed by atoms with Gasteiger partial charge in [-0.15, -0.1) is 21.5 Å². The van der Waals surface area contributed by atoms with Crippen molar-refractivity contribution in [3.05, 3.63) is 41.5 Å². The van der Waals surface area contributed by atoms with Gasteiger partial charge in [0.15, 0.2) is 6.33 Å². The van der Waals surface area contributed by atoms with Crippen molar-refractivity contribution < 1.29 is 0 Å². The third-order valence-electron chi connectivity index (χ3n) is 4.21. The highest BCUT2D eigenvalue weighted by Crippen LogP contribution is 2.32. The van der Waals surface area contributed by atoms with Crippen molar-refractivity contribution in [2.75, 3.05) is 13.1 Å². The first-order chi connectivity index (χ1) is 10.4. The van der Waals surface area contributed by atoms with Gasteiger partial charge in [-0.25, -0.2) is 0 Å². The van der Waals surface area contributed by atoms with Gasteiger partial charge in [-0.05, 0) is 65.0 Å². The second kappa shape index (κ2) is 5.54. The summed E-state index contributed by atoms with van der Waals surface area (Å²) in [7, 11) is 0. The van der Waals surface area contributed by atoms with Gasteiger partial charge in [0, 0.05) is 11.2 Å². The zero-order valence-corrected chi connectivity index (χ0v) is 12.5. The SMILES string of the molecule is c1nnn([C@H](c2ccc3sccc3c2)C2CCCNC2)n1. The van der Waals surface area contributed by atoms with E-state index in [0.29, 0.717) is 5.92 Å². The minimum atomic E-state index is 0.157. The Morgan fingerprint density at radius 3 is 3.14 bits per heavy atom. The second-order valence-corrected chi connectivity index (χ2v) is 6.47. The normalized spacial score (nSPS) is 20.7. The summed E-state index contributed by atoms with van der Waals surface area (Å²) in [6.07, 6.45) is 3.92. The van der Waals surface area contributed by atoms with Crippen molar-refractivity contribution in [1.82, 2.24) is 25.5 Å². The third kappa shape index (κ3) is 2.45. The summed E-state index contributed by atoms with van der Waals surface area (Å²) in [5, 5.41) is 19.3.